The van der Waals surface area contributed by atoms with Crippen molar-refractivity contribution in [3.63, 3.8) is 0 Å². The highest BCUT2D eigenvalue weighted by Gasteiger charge is 2.33. The Labute approximate surface area is 149 Å². The van der Waals surface area contributed by atoms with E-state index in [4.69, 9.17) is 0 Å². The van der Waals surface area contributed by atoms with Crippen molar-refractivity contribution in [3.05, 3.63) is 53.3 Å². The van der Waals surface area contributed by atoms with E-state index < -0.39 is 17.1 Å². The lowest BCUT2D eigenvalue weighted by Gasteiger charge is -2.19. The summed E-state index contributed by atoms with van der Waals surface area (Å²) in [4.78, 5) is 19.8. The van der Waals surface area contributed by atoms with Gasteiger partial charge in [0.25, 0.3) is 0 Å². The molecule has 0 saturated heterocycles. The topological polar surface area (TPSA) is 42.9 Å². The van der Waals surface area contributed by atoms with Gasteiger partial charge < -0.3 is 0 Å². The number of aromatic nitrogens is 2. The zero-order valence-electron chi connectivity index (χ0n) is 14.4. The highest BCUT2D eigenvalue weighted by molar-refractivity contribution is 8.00. The van der Waals surface area contributed by atoms with Crippen LogP contribution in [0.3, 0.4) is 0 Å². The van der Waals surface area contributed by atoms with Crippen molar-refractivity contribution in [1.82, 2.24) is 9.97 Å². The van der Waals surface area contributed by atoms with E-state index >= 15 is 0 Å². The molecule has 1 aromatic heterocycles. The normalized spacial score (nSPS) is 13.6. The molecule has 2 rings (SSSR count). The molecule has 0 spiro atoms. The number of ketones is 1. The summed E-state index contributed by atoms with van der Waals surface area (Å²) >= 11 is 0.915. The van der Waals surface area contributed by atoms with Gasteiger partial charge in [-0.15, -0.1) is 0 Å². The SMILES string of the molecule is CC(Sc1nccc(C(F)(F)F)n1)C(=O)c1ccc(C(C)(C)C)cc1. The van der Waals surface area contributed by atoms with Crippen LogP contribution in [0.2, 0.25) is 0 Å². The molecule has 0 aliphatic rings. The van der Waals surface area contributed by atoms with Gasteiger partial charge in [-0.05, 0) is 24.0 Å². The first-order valence-electron chi connectivity index (χ1n) is 7.70. The standard InChI is InChI=1S/C18H19F3N2OS/c1-11(25-16-22-10-9-14(23-16)18(19,20)21)15(24)12-5-7-13(8-6-12)17(2,3)4/h5-11H,1-4H3. The minimum absolute atomic E-state index is 0.0200. The van der Waals surface area contributed by atoms with Crippen molar-refractivity contribution in [3.8, 4) is 0 Å². The van der Waals surface area contributed by atoms with Gasteiger partial charge in [-0.25, -0.2) is 9.97 Å². The number of alkyl halides is 3. The Morgan fingerprint density at radius 2 is 1.68 bits per heavy atom. The van der Waals surface area contributed by atoms with Gasteiger partial charge >= 0.3 is 6.18 Å². The number of rotatable bonds is 4. The molecular weight excluding hydrogens is 349 g/mol. The summed E-state index contributed by atoms with van der Waals surface area (Å²) in [5.41, 5.74) is 0.582. The first kappa shape index (κ1) is 19.4. The Morgan fingerprint density at radius 3 is 2.20 bits per heavy atom. The lowest BCUT2D eigenvalue weighted by molar-refractivity contribution is -0.141. The summed E-state index contributed by atoms with van der Waals surface area (Å²) in [5.74, 6) is -0.175. The van der Waals surface area contributed by atoms with Crippen LogP contribution in [0.5, 0.6) is 0 Å². The second-order valence-electron chi connectivity index (χ2n) is 6.67. The molecule has 1 unspecified atom stereocenters. The van der Waals surface area contributed by atoms with E-state index in [-0.39, 0.29) is 16.4 Å². The van der Waals surface area contributed by atoms with Gasteiger partial charge in [0, 0.05) is 11.8 Å². The number of thioether (sulfide) groups is 1. The van der Waals surface area contributed by atoms with Gasteiger partial charge in [-0.2, -0.15) is 13.2 Å². The molecular formula is C18H19F3N2OS. The van der Waals surface area contributed by atoms with Crippen molar-refractivity contribution < 1.29 is 18.0 Å². The molecule has 0 aliphatic heterocycles. The summed E-state index contributed by atoms with van der Waals surface area (Å²) < 4.78 is 38.1. The second kappa shape index (κ2) is 7.15. The predicted octanol–water partition coefficient (Wildman–Crippen LogP) is 5.16. The summed E-state index contributed by atoms with van der Waals surface area (Å²) in [6.07, 6.45) is -3.48. The molecule has 134 valence electrons. The van der Waals surface area contributed by atoms with Crippen LogP contribution in [0.25, 0.3) is 0 Å². The van der Waals surface area contributed by atoms with Gasteiger partial charge in [-0.3, -0.25) is 4.79 Å². The molecule has 0 aliphatic carbocycles. The van der Waals surface area contributed by atoms with Crippen molar-refractivity contribution in [2.24, 2.45) is 0 Å². The molecule has 0 saturated carbocycles. The molecule has 0 fully saturated rings. The Balaban J connectivity index is 2.13. The van der Waals surface area contributed by atoms with E-state index in [1.165, 1.54) is 0 Å². The van der Waals surface area contributed by atoms with Crippen molar-refractivity contribution in [2.45, 2.75) is 49.7 Å². The van der Waals surface area contributed by atoms with Crippen LogP contribution in [-0.4, -0.2) is 21.0 Å². The van der Waals surface area contributed by atoms with E-state index in [0.717, 1.165) is 29.6 Å². The molecule has 3 nitrogen and oxygen atoms in total. The number of halogens is 3. The maximum atomic E-state index is 12.7. The van der Waals surface area contributed by atoms with Crippen molar-refractivity contribution in [1.29, 1.82) is 0 Å². The number of nitrogens with zero attached hydrogens (tertiary/aromatic N) is 2. The lowest BCUT2D eigenvalue weighted by Crippen LogP contribution is -2.16. The van der Waals surface area contributed by atoms with Crippen LogP contribution in [-0.2, 0) is 11.6 Å². The number of hydrogen-bond donors (Lipinski definition) is 0. The number of carbonyl (C=O) groups is 1. The van der Waals surface area contributed by atoms with E-state index in [1.807, 2.05) is 12.1 Å². The van der Waals surface area contributed by atoms with Crippen LogP contribution >= 0.6 is 11.8 Å². The summed E-state index contributed by atoms with van der Waals surface area (Å²) in [6.45, 7) is 7.86. The fourth-order valence-corrected chi connectivity index (χ4v) is 2.97. The Hall–Kier alpha value is -1.89. The molecule has 0 radical (unpaired) electrons. The molecule has 7 heteroatoms. The number of Topliss-reactive ketones (excluding diaryl/α,β-unsaturated/α-hetero) is 1. The average Bonchev–Trinajstić information content (AvgIpc) is 2.53. The van der Waals surface area contributed by atoms with Crippen LogP contribution < -0.4 is 0 Å². The third-order valence-corrected chi connectivity index (χ3v) is 4.59. The number of hydrogen-bond acceptors (Lipinski definition) is 4. The summed E-state index contributed by atoms with van der Waals surface area (Å²) in [7, 11) is 0. The third-order valence-electron chi connectivity index (χ3n) is 3.61. The van der Waals surface area contributed by atoms with E-state index in [1.54, 1.807) is 19.1 Å². The molecule has 1 heterocycles. The zero-order valence-corrected chi connectivity index (χ0v) is 15.2. The van der Waals surface area contributed by atoms with E-state index in [9.17, 15) is 18.0 Å². The highest BCUT2D eigenvalue weighted by Crippen LogP contribution is 2.30. The second-order valence-corrected chi connectivity index (χ2v) is 7.98. The molecule has 2 aromatic rings. The first-order valence-corrected chi connectivity index (χ1v) is 8.58. The monoisotopic (exact) mass is 368 g/mol. The van der Waals surface area contributed by atoms with Gasteiger partial charge in [0.15, 0.2) is 10.9 Å². The largest absolute Gasteiger partial charge is 0.433 e. The quantitative estimate of drug-likeness (QED) is 0.425. The Bertz CT molecular complexity index is 752. The van der Waals surface area contributed by atoms with Gasteiger partial charge in [0.2, 0.25) is 0 Å². The highest BCUT2D eigenvalue weighted by atomic mass is 32.2. The minimum Gasteiger partial charge on any atom is -0.293 e. The molecule has 0 N–H and O–H groups in total. The fraction of sp³-hybridized carbons (Fsp3) is 0.389. The lowest BCUT2D eigenvalue weighted by atomic mass is 9.86. The van der Waals surface area contributed by atoms with E-state index in [2.05, 4.69) is 30.7 Å². The first-order chi connectivity index (χ1) is 11.5. The van der Waals surface area contributed by atoms with Gasteiger partial charge in [0.1, 0.15) is 5.69 Å². The minimum atomic E-state index is -4.53. The Kier molecular flexibility index (Phi) is 5.56. The molecule has 0 bridgehead atoms. The van der Waals surface area contributed by atoms with Crippen LogP contribution in [0, 0.1) is 0 Å². The molecule has 0 amide bonds. The maximum absolute atomic E-state index is 12.7. The van der Waals surface area contributed by atoms with Crippen LogP contribution in [0.15, 0.2) is 41.7 Å². The fourth-order valence-electron chi connectivity index (χ4n) is 2.14. The van der Waals surface area contributed by atoms with E-state index in [0.29, 0.717) is 5.56 Å². The van der Waals surface area contributed by atoms with Crippen LogP contribution in [0.1, 0.15) is 49.3 Å². The van der Waals surface area contributed by atoms with Crippen LogP contribution in [0.4, 0.5) is 13.2 Å². The van der Waals surface area contributed by atoms with Crippen molar-refractivity contribution >= 4 is 17.5 Å². The smallest absolute Gasteiger partial charge is 0.293 e. The molecule has 1 atom stereocenters. The molecule has 25 heavy (non-hydrogen) atoms. The Morgan fingerprint density at radius 1 is 1.08 bits per heavy atom. The number of carbonyl (C=O) groups excluding carboxylic acids is 1. The van der Waals surface area contributed by atoms with Gasteiger partial charge in [-0.1, -0.05) is 56.8 Å². The third kappa shape index (κ3) is 5.04. The summed E-state index contributed by atoms with van der Waals surface area (Å²) in [6, 6.07) is 8.08. The summed E-state index contributed by atoms with van der Waals surface area (Å²) in [5, 5.41) is -0.661. The predicted molar refractivity (Wildman–Crippen MR) is 91.8 cm³/mol. The van der Waals surface area contributed by atoms with Gasteiger partial charge in [0.05, 0.1) is 5.25 Å². The number of benzene rings is 1. The zero-order chi connectivity index (χ0) is 18.8. The van der Waals surface area contributed by atoms with Crippen molar-refractivity contribution in [2.75, 3.05) is 0 Å². The molecule has 1 aromatic carbocycles. The maximum Gasteiger partial charge on any atom is 0.433 e. The average molecular weight is 368 g/mol.